The zero-order valence-electron chi connectivity index (χ0n) is 10.7. The first-order valence-electron chi connectivity index (χ1n) is 6.10. The summed E-state index contributed by atoms with van der Waals surface area (Å²) in [7, 11) is 0. The monoisotopic (exact) mass is 249 g/mol. The van der Waals surface area contributed by atoms with Gasteiger partial charge in [-0.2, -0.15) is 0 Å². The molecule has 98 valence electrons. The number of nitrogens with two attached hydrogens (primary N) is 1. The molecule has 1 heterocycles. The standard InChI is InChI=1S/C13H19N3O2/c1-9(2)16-13(14)15-7-10-8-17-11-5-3-4-6-12(11)18-10/h3-6,9-10H,7-8H2,1-2H3,(H3,14,15,16). The van der Waals surface area contributed by atoms with Gasteiger partial charge in [0.05, 0.1) is 6.54 Å². The van der Waals surface area contributed by atoms with Gasteiger partial charge in [-0.1, -0.05) is 12.1 Å². The van der Waals surface area contributed by atoms with Crippen LogP contribution in [0.1, 0.15) is 13.8 Å². The number of ether oxygens (including phenoxy) is 2. The number of hydrogen-bond acceptors (Lipinski definition) is 3. The Bertz CT molecular complexity index is 432. The van der Waals surface area contributed by atoms with E-state index in [4.69, 9.17) is 15.2 Å². The van der Waals surface area contributed by atoms with Gasteiger partial charge in [0.15, 0.2) is 23.6 Å². The number of nitrogens with one attached hydrogen (secondary N) is 1. The van der Waals surface area contributed by atoms with Crippen LogP contribution in [0.25, 0.3) is 0 Å². The van der Waals surface area contributed by atoms with Crippen molar-refractivity contribution < 1.29 is 9.47 Å². The molecule has 2 rings (SSSR count). The minimum atomic E-state index is -0.0904. The predicted octanol–water partition coefficient (Wildman–Crippen LogP) is 1.14. The van der Waals surface area contributed by atoms with Gasteiger partial charge in [-0.3, -0.25) is 0 Å². The molecule has 3 N–H and O–H groups in total. The average Bonchev–Trinajstić information content (AvgIpc) is 2.35. The molecule has 1 aromatic rings. The molecule has 1 aromatic carbocycles. The Hall–Kier alpha value is -1.91. The van der Waals surface area contributed by atoms with Gasteiger partial charge in [-0.15, -0.1) is 0 Å². The summed E-state index contributed by atoms with van der Waals surface area (Å²) in [6.07, 6.45) is -0.0904. The number of para-hydroxylation sites is 2. The number of fused-ring (bicyclic) bond motifs is 1. The molecular weight excluding hydrogens is 230 g/mol. The number of guanidine groups is 1. The van der Waals surface area contributed by atoms with Gasteiger partial charge in [0.25, 0.3) is 0 Å². The van der Waals surface area contributed by atoms with Crippen molar-refractivity contribution in [2.45, 2.75) is 26.0 Å². The van der Waals surface area contributed by atoms with Gasteiger partial charge < -0.3 is 20.5 Å². The molecule has 0 fully saturated rings. The molecule has 1 aliphatic rings. The molecule has 1 atom stereocenters. The van der Waals surface area contributed by atoms with Crippen LogP contribution in [0.15, 0.2) is 29.3 Å². The van der Waals surface area contributed by atoms with E-state index in [0.29, 0.717) is 19.1 Å². The fraction of sp³-hybridized carbons (Fsp3) is 0.462. The second kappa shape index (κ2) is 5.62. The summed E-state index contributed by atoms with van der Waals surface area (Å²) >= 11 is 0. The molecule has 0 bridgehead atoms. The molecule has 0 radical (unpaired) electrons. The Morgan fingerprint density at radius 1 is 1.44 bits per heavy atom. The second-order valence-electron chi connectivity index (χ2n) is 4.52. The Kier molecular flexibility index (Phi) is 3.92. The zero-order valence-corrected chi connectivity index (χ0v) is 10.7. The molecule has 0 saturated carbocycles. The molecule has 0 aliphatic carbocycles. The van der Waals surface area contributed by atoms with E-state index < -0.39 is 0 Å². The van der Waals surface area contributed by atoms with Crippen molar-refractivity contribution in [1.82, 2.24) is 5.32 Å². The summed E-state index contributed by atoms with van der Waals surface area (Å²) < 4.78 is 11.4. The predicted molar refractivity (Wildman–Crippen MR) is 71.1 cm³/mol. The van der Waals surface area contributed by atoms with Crippen LogP contribution in [0.4, 0.5) is 0 Å². The lowest BCUT2D eigenvalue weighted by atomic mass is 10.2. The van der Waals surface area contributed by atoms with E-state index >= 15 is 0 Å². The third kappa shape index (κ3) is 3.29. The van der Waals surface area contributed by atoms with Crippen LogP contribution in [0.3, 0.4) is 0 Å². The first-order valence-corrected chi connectivity index (χ1v) is 6.10. The topological polar surface area (TPSA) is 68.9 Å². The molecular formula is C13H19N3O2. The highest BCUT2D eigenvalue weighted by molar-refractivity contribution is 5.78. The molecule has 5 nitrogen and oxygen atoms in total. The molecule has 0 spiro atoms. The molecule has 18 heavy (non-hydrogen) atoms. The maximum atomic E-state index is 5.77. The Balaban J connectivity index is 1.90. The van der Waals surface area contributed by atoms with Crippen molar-refractivity contribution in [3.8, 4) is 11.5 Å². The van der Waals surface area contributed by atoms with Crippen LogP contribution in [0.2, 0.25) is 0 Å². The van der Waals surface area contributed by atoms with Gasteiger partial charge in [-0.05, 0) is 26.0 Å². The fourth-order valence-corrected chi connectivity index (χ4v) is 1.69. The Morgan fingerprint density at radius 3 is 2.89 bits per heavy atom. The number of rotatable bonds is 3. The largest absolute Gasteiger partial charge is 0.486 e. The number of nitrogens with zero attached hydrogens (tertiary/aromatic N) is 1. The van der Waals surface area contributed by atoms with Crippen molar-refractivity contribution in [2.75, 3.05) is 13.2 Å². The first-order chi connectivity index (χ1) is 8.65. The second-order valence-corrected chi connectivity index (χ2v) is 4.52. The van der Waals surface area contributed by atoms with Crippen molar-refractivity contribution in [2.24, 2.45) is 10.7 Å². The summed E-state index contributed by atoms with van der Waals surface area (Å²) in [4.78, 5) is 4.24. The normalized spacial score (nSPS) is 18.8. The smallest absolute Gasteiger partial charge is 0.188 e. The molecule has 1 aliphatic heterocycles. The number of aliphatic imine (C=N–C) groups is 1. The summed E-state index contributed by atoms with van der Waals surface area (Å²) in [5.74, 6) is 1.98. The van der Waals surface area contributed by atoms with E-state index in [1.807, 2.05) is 38.1 Å². The SMILES string of the molecule is CC(C)NC(N)=NCC1COc2ccccc2O1. The van der Waals surface area contributed by atoms with Gasteiger partial charge in [0, 0.05) is 6.04 Å². The van der Waals surface area contributed by atoms with Crippen LogP contribution >= 0.6 is 0 Å². The highest BCUT2D eigenvalue weighted by atomic mass is 16.6. The van der Waals surface area contributed by atoms with Crippen LogP contribution in [-0.4, -0.2) is 31.3 Å². The minimum Gasteiger partial charge on any atom is -0.486 e. The van der Waals surface area contributed by atoms with Crippen LogP contribution < -0.4 is 20.5 Å². The van der Waals surface area contributed by atoms with E-state index in [1.165, 1.54) is 0 Å². The molecule has 1 unspecified atom stereocenters. The van der Waals surface area contributed by atoms with E-state index in [1.54, 1.807) is 0 Å². The van der Waals surface area contributed by atoms with Gasteiger partial charge >= 0.3 is 0 Å². The highest BCUT2D eigenvalue weighted by Gasteiger charge is 2.20. The van der Waals surface area contributed by atoms with Crippen LogP contribution in [-0.2, 0) is 0 Å². The van der Waals surface area contributed by atoms with Crippen molar-refractivity contribution in [3.05, 3.63) is 24.3 Å². The van der Waals surface area contributed by atoms with E-state index in [2.05, 4.69) is 10.3 Å². The van der Waals surface area contributed by atoms with E-state index in [-0.39, 0.29) is 12.1 Å². The van der Waals surface area contributed by atoms with Gasteiger partial charge in [-0.25, -0.2) is 4.99 Å². The van der Waals surface area contributed by atoms with E-state index in [0.717, 1.165) is 11.5 Å². The summed E-state index contributed by atoms with van der Waals surface area (Å²) in [5.41, 5.74) is 5.73. The lowest BCUT2D eigenvalue weighted by Gasteiger charge is -2.25. The zero-order chi connectivity index (χ0) is 13.0. The van der Waals surface area contributed by atoms with Crippen molar-refractivity contribution in [3.63, 3.8) is 0 Å². The minimum absolute atomic E-state index is 0.0904. The number of hydrogen-bond donors (Lipinski definition) is 2. The van der Waals surface area contributed by atoms with Gasteiger partial charge in [0.1, 0.15) is 6.61 Å². The number of benzene rings is 1. The molecule has 0 aromatic heterocycles. The lowest BCUT2D eigenvalue weighted by Crippen LogP contribution is -2.39. The average molecular weight is 249 g/mol. The maximum absolute atomic E-state index is 5.77. The Morgan fingerprint density at radius 2 is 2.17 bits per heavy atom. The quantitative estimate of drug-likeness (QED) is 0.622. The Labute approximate surface area is 107 Å². The summed E-state index contributed by atoms with van der Waals surface area (Å²) in [6.45, 7) is 5.01. The molecule has 0 amide bonds. The lowest BCUT2D eigenvalue weighted by molar-refractivity contribution is 0.0971. The van der Waals surface area contributed by atoms with Crippen molar-refractivity contribution in [1.29, 1.82) is 0 Å². The fourth-order valence-electron chi connectivity index (χ4n) is 1.69. The molecule has 5 heteroatoms. The third-order valence-corrected chi connectivity index (χ3v) is 2.47. The van der Waals surface area contributed by atoms with E-state index in [9.17, 15) is 0 Å². The van der Waals surface area contributed by atoms with Gasteiger partial charge in [0.2, 0.25) is 0 Å². The van der Waals surface area contributed by atoms with Crippen LogP contribution in [0.5, 0.6) is 11.5 Å². The van der Waals surface area contributed by atoms with Crippen LogP contribution in [0, 0.1) is 0 Å². The van der Waals surface area contributed by atoms with Crippen molar-refractivity contribution >= 4 is 5.96 Å². The maximum Gasteiger partial charge on any atom is 0.188 e. The highest BCUT2D eigenvalue weighted by Crippen LogP contribution is 2.30. The summed E-state index contributed by atoms with van der Waals surface area (Å²) in [5, 5.41) is 3.03. The third-order valence-electron chi connectivity index (χ3n) is 2.47. The molecule has 0 saturated heterocycles. The first kappa shape index (κ1) is 12.5. The summed E-state index contributed by atoms with van der Waals surface area (Å²) in [6, 6.07) is 7.90.